The topological polar surface area (TPSA) is 80.5 Å². The highest BCUT2D eigenvalue weighted by Crippen LogP contribution is 2.22. The van der Waals surface area contributed by atoms with Gasteiger partial charge < -0.3 is 4.90 Å². The lowest BCUT2D eigenvalue weighted by Gasteiger charge is -2.17. The van der Waals surface area contributed by atoms with Crippen LogP contribution in [0.25, 0.3) is 0 Å². The van der Waals surface area contributed by atoms with Crippen molar-refractivity contribution < 1.29 is 13.2 Å². The van der Waals surface area contributed by atoms with Gasteiger partial charge in [0, 0.05) is 23.4 Å². The predicted molar refractivity (Wildman–Crippen MR) is 85.6 cm³/mol. The van der Waals surface area contributed by atoms with Crippen molar-refractivity contribution in [2.75, 3.05) is 7.05 Å². The van der Waals surface area contributed by atoms with Crippen LogP contribution in [0.5, 0.6) is 0 Å². The van der Waals surface area contributed by atoms with E-state index in [9.17, 15) is 13.2 Å². The maximum absolute atomic E-state index is 12.3. The van der Waals surface area contributed by atoms with Crippen molar-refractivity contribution in [3.05, 3.63) is 51.3 Å². The number of thiophene rings is 1. The minimum atomic E-state index is -3.77. The van der Waals surface area contributed by atoms with Crippen molar-refractivity contribution in [3.8, 4) is 0 Å². The van der Waals surface area contributed by atoms with Gasteiger partial charge in [0.2, 0.25) is 10.0 Å². The molecule has 1 heterocycles. The predicted octanol–water partition coefficient (Wildman–Crippen LogP) is 2.43. The number of nitrogens with zero attached hydrogens (tertiary/aromatic N) is 1. The number of hydrogen-bond donors (Lipinski definition) is 1. The molecule has 0 saturated heterocycles. The zero-order valence-corrected chi connectivity index (χ0v) is 14.3. The Morgan fingerprint density at radius 1 is 1.38 bits per heavy atom. The largest absolute Gasteiger partial charge is 0.337 e. The molecule has 0 spiro atoms. The van der Waals surface area contributed by atoms with E-state index in [2.05, 4.69) is 15.9 Å². The summed E-state index contributed by atoms with van der Waals surface area (Å²) in [6.07, 6.45) is 0. The van der Waals surface area contributed by atoms with Crippen LogP contribution in [0, 0.1) is 0 Å². The van der Waals surface area contributed by atoms with Gasteiger partial charge in [0.25, 0.3) is 5.91 Å². The van der Waals surface area contributed by atoms with Crippen molar-refractivity contribution in [1.82, 2.24) is 4.90 Å². The Labute approximate surface area is 135 Å². The molecule has 1 aromatic carbocycles. The van der Waals surface area contributed by atoms with E-state index in [1.165, 1.54) is 16.3 Å². The average Bonchev–Trinajstić information content (AvgIpc) is 2.90. The van der Waals surface area contributed by atoms with Gasteiger partial charge in [-0.25, -0.2) is 13.6 Å². The average molecular weight is 389 g/mol. The van der Waals surface area contributed by atoms with Gasteiger partial charge in [-0.1, -0.05) is 34.1 Å². The molecule has 21 heavy (non-hydrogen) atoms. The van der Waals surface area contributed by atoms with E-state index in [4.69, 9.17) is 5.14 Å². The molecule has 2 rings (SSSR count). The Kier molecular flexibility index (Phi) is 4.82. The number of carbonyl (C=O) groups excluding carboxylic acids is 1. The van der Waals surface area contributed by atoms with E-state index in [-0.39, 0.29) is 10.1 Å². The van der Waals surface area contributed by atoms with E-state index >= 15 is 0 Å². The zero-order valence-electron chi connectivity index (χ0n) is 11.1. The third kappa shape index (κ3) is 3.91. The number of carbonyl (C=O) groups is 1. The van der Waals surface area contributed by atoms with Crippen LogP contribution >= 0.6 is 27.3 Å². The fourth-order valence-electron chi connectivity index (χ4n) is 1.75. The van der Waals surface area contributed by atoms with Crippen LogP contribution in [0.2, 0.25) is 0 Å². The molecule has 1 amide bonds. The van der Waals surface area contributed by atoms with E-state index < -0.39 is 10.0 Å². The minimum absolute atomic E-state index is 0.0138. The van der Waals surface area contributed by atoms with Crippen molar-refractivity contribution in [1.29, 1.82) is 0 Å². The molecule has 0 aliphatic carbocycles. The summed E-state index contributed by atoms with van der Waals surface area (Å²) in [5.41, 5.74) is 1.29. The first-order valence-electron chi connectivity index (χ1n) is 5.89. The molecule has 0 fully saturated rings. The van der Waals surface area contributed by atoms with Crippen LogP contribution < -0.4 is 5.14 Å². The molecule has 0 atom stereocenters. The molecule has 112 valence electrons. The molecular weight excluding hydrogens is 376 g/mol. The van der Waals surface area contributed by atoms with Crippen LogP contribution in [0.1, 0.15) is 15.9 Å². The van der Waals surface area contributed by atoms with Crippen molar-refractivity contribution in [3.63, 3.8) is 0 Å². The maximum atomic E-state index is 12.3. The SMILES string of the molecule is CN(Cc1ccccc1Br)C(=O)c1csc(S(N)(=O)=O)c1. The number of hydrogen-bond acceptors (Lipinski definition) is 4. The molecule has 0 aliphatic heterocycles. The quantitative estimate of drug-likeness (QED) is 0.872. The van der Waals surface area contributed by atoms with Gasteiger partial charge in [-0.15, -0.1) is 11.3 Å². The summed E-state index contributed by atoms with van der Waals surface area (Å²) in [5.74, 6) is -0.253. The van der Waals surface area contributed by atoms with Crippen LogP contribution in [0.15, 0.2) is 44.4 Å². The molecular formula is C13H13BrN2O3S2. The summed E-state index contributed by atoms with van der Waals surface area (Å²) in [7, 11) is -2.10. The third-order valence-electron chi connectivity index (χ3n) is 2.81. The summed E-state index contributed by atoms with van der Waals surface area (Å²) >= 11 is 4.37. The van der Waals surface area contributed by atoms with Crippen molar-refractivity contribution in [2.45, 2.75) is 10.8 Å². The second-order valence-corrected chi connectivity index (χ2v) is 8.01. The van der Waals surface area contributed by atoms with Gasteiger partial charge in [-0.2, -0.15) is 0 Å². The summed E-state index contributed by atoms with van der Waals surface area (Å²) in [4.78, 5) is 13.8. The number of primary sulfonamides is 1. The Morgan fingerprint density at radius 3 is 2.62 bits per heavy atom. The normalized spacial score (nSPS) is 11.4. The second-order valence-electron chi connectivity index (χ2n) is 4.45. The highest BCUT2D eigenvalue weighted by Gasteiger charge is 2.18. The molecule has 5 nitrogen and oxygen atoms in total. The molecule has 0 saturated carbocycles. The fourth-order valence-corrected chi connectivity index (χ4v) is 3.74. The lowest BCUT2D eigenvalue weighted by molar-refractivity contribution is 0.0785. The number of halogens is 1. The number of amides is 1. The van der Waals surface area contributed by atoms with E-state index in [1.807, 2.05) is 24.3 Å². The van der Waals surface area contributed by atoms with Gasteiger partial charge in [0.1, 0.15) is 4.21 Å². The molecule has 0 radical (unpaired) electrons. The zero-order chi connectivity index (χ0) is 15.6. The first kappa shape index (κ1) is 16.2. The molecule has 8 heteroatoms. The summed E-state index contributed by atoms with van der Waals surface area (Å²) in [6.45, 7) is 0.417. The number of rotatable bonds is 4. The first-order valence-corrected chi connectivity index (χ1v) is 9.11. The van der Waals surface area contributed by atoms with Crippen LogP contribution in [-0.2, 0) is 16.6 Å². The third-order valence-corrected chi connectivity index (χ3v) is 5.97. The highest BCUT2D eigenvalue weighted by atomic mass is 79.9. The lowest BCUT2D eigenvalue weighted by Crippen LogP contribution is -2.26. The maximum Gasteiger partial charge on any atom is 0.254 e. The molecule has 2 N–H and O–H groups in total. The Balaban J connectivity index is 2.16. The van der Waals surface area contributed by atoms with Gasteiger partial charge in [0.05, 0.1) is 5.56 Å². The highest BCUT2D eigenvalue weighted by molar-refractivity contribution is 9.10. The monoisotopic (exact) mass is 388 g/mol. The minimum Gasteiger partial charge on any atom is -0.337 e. The number of nitrogens with two attached hydrogens (primary N) is 1. The van der Waals surface area contributed by atoms with Gasteiger partial charge in [-0.3, -0.25) is 4.79 Å². The molecule has 2 aromatic rings. The van der Waals surface area contributed by atoms with Crippen molar-refractivity contribution >= 4 is 43.2 Å². The number of benzene rings is 1. The van der Waals surface area contributed by atoms with Gasteiger partial charge in [0.15, 0.2) is 0 Å². The summed E-state index contributed by atoms with van der Waals surface area (Å²) in [5, 5.41) is 6.54. The molecule has 0 bridgehead atoms. The molecule has 0 aliphatic rings. The Bertz CT molecular complexity index is 771. The van der Waals surface area contributed by atoms with E-state index in [1.54, 1.807) is 7.05 Å². The van der Waals surface area contributed by atoms with Gasteiger partial charge in [-0.05, 0) is 17.7 Å². The molecule has 1 aromatic heterocycles. The Hall–Kier alpha value is -1.22. The van der Waals surface area contributed by atoms with Crippen molar-refractivity contribution in [2.24, 2.45) is 5.14 Å². The summed E-state index contributed by atoms with van der Waals surface area (Å²) < 4.78 is 23.4. The van der Waals surface area contributed by atoms with Gasteiger partial charge >= 0.3 is 0 Å². The van der Waals surface area contributed by atoms with Crippen LogP contribution in [0.4, 0.5) is 0 Å². The summed E-state index contributed by atoms with van der Waals surface area (Å²) in [6, 6.07) is 8.90. The molecule has 0 unspecified atom stereocenters. The van der Waals surface area contributed by atoms with E-state index in [0.717, 1.165) is 21.4 Å². The van der Waals surface area contributed by atoms with Crippen LogP contribution in [-0.4, -0.2) is 26.3 Å². The fraction of sp³-hybridized carbons (Fsp3) is 0.154. The first-order chi connectivity index (χ1) is 9.79. The van der Waals surface area contributed by atoms with E-state index in [0.29, 0.717) is 12.1 Å². The number of sulfonamides is 1. The Morgan fingerprint density at radius 2 is 2.05 bits per heavy atom. The lowest BCUT2D eigenvalue weighted by atomic mass is 10.2. The standard InChI is InChI=1S/C13H13BrN2O3S2/c1-16(7-9-4-2-3-5-11(9)14)13(17)10-6-12(20-8-10)21(15,18)19/h2-6,8H,7H2,1H3,(H2,15,18,19). The smallest absolute Gasteiger partial charge is 0.254 e. The van der Waals surface area contributed by atoms with Crippen LogP contribution in [0.3, 0.4) is 0 Å². The second kappa shape index (κ2) is 6.27.